The summed E-state index contributed by atoms with van der Waals surface area (Å²) in [6, 6.07) is 10.0. The summed E-state index contributed by atoms with van der Waals surface area (Å²) in [6.45, 7) is 2.90. The predicted molar refractivity (Wildman–Crippen MR) is 109 cm³/mol. The van der Waals surface area contributed by atoms with E-state index < -0.39 is 0 Å². The fourth-order valence-electron chi connectivity index (χ4n) is 2.91. The van der Waals surface area contributed by atoms with Crippen molar-refractivity contribution in [2.75, 3.05) is 0 Å². The van der Waals surface area contributed by atoms with Gasteiger partial charge >= 0.3 is 0 Å². The first-order valence-electron chi connectivity index (χ1n) is 10.3. The first kappa shape index (κ1) is 21.5. The van der Waals surface area contributed by atoms with E-state index >= 15 is 0 Å². The van der Waals surface area contributed by atoms with Crippen LogP contribution >= 0.6 is 0 Å². The van der Waals surface area contributed by atoms with Gasteiger partial charge in [-0.25, -0.2) is 0 Å². The van der Waals surface area contributed by atoms with Crippen LogP contribution in [-0.4, -0.2) is 5.91 Å². The molecule has 1 aromatic carbocycles. The molecule has 1 N–H and O–H groups in total. The van der Waals surface area contributed by atoms with E-state index in [-0.39, 0.29) is 5.91 Å². The Morgan fingerprint density at radius 1 is 0.840 bits per heavy atom. The lowest BCUT2D eigenvalue weighted by Crippen LogP contribution is -2.22. The summed E-state index contributed by atoms with van der Waals surface area (Å²) < 4.78 is 0. The minimum absolute atomic E-state index is 0.136. The van der Waals surface area contributed by atoms with Crippen molar-refractivity contribution in [3.8, 4) is 0 Å². The highest BCUT2D eigenvalue weighted by Gasteiger charge is 1.99. The highest BCUT2D eigenvalue weighted by molar-refractivity contribution is 5.75. The van der Waals surface area contributed by atoms with E-state index in [4.69, 9.17) is 0 Å². The minimum Gasteiger partial charge on any atom is -0.352 e. The second-order valence-corrected chi connectivity index (χ2v) is 6.89. The Hall–Kier alpha value is -1.57. The van der Waals surface area contributed by atoms with Crippen molar-refractivity contribution in [1.29, 1.82) is 0 Å². The van der Waals surface area contributed by atoms with Crippen molar-refractivity contribution in [3.63, 3.8) is 0 Å². The lowest BCUT2D eigenvalue weighted by molar-refractivity contribution is -0.121. The number of unbranched alkanes of at least 4 members (excludes halogenated alkanes) is 9. The van der Waals surface area contributed by atoms with Gasteiger partial charge in [0.15, 0.2) is 0 Å². The number of hydrogen-bond donors (Lipinski definition) is 1. The first-order chi connectivity index (χ1) is 12.3. The summed E-state index contributed by atoms with van der Waals surface area (Å²) in [5, 5.41) is 2.97. The molecule has 0 saturated carbocycles. The lowest BCUT2D eigenvalue weighted by Gasteiger charge is -2.04. The Morgan fingerprint density at radius 3 is 2.12 bits per heavy atom. The van der Waals surface area contributed by atoms with Crippen molar-refractivity contribution in [1.82, 2.24) is 5.32 Å². The average Bonchev–Trinajstić information content (AvgIpc) is 2.64. The molecule has 2 nitrogen and oxygen atoms in total. The van der Waals surface area contributed by atoms with E-state index in [2.05, 4.69) is 24.4 Å². The molecule has 1 amide bonds. The largest absolute Gasteiger partial charge is 0.352 e. The maximum absolute atomic E-state index is 11.8. The Kier molecular flexibility index (Phi) is 13.7. The Labute approximate surface area is 155 Å². The molecule has 0 fully saturated rings. The fourth-order valence-corrected chi connectivity index (χ4v) is 2.91. The molecule has 0 bridgehead atoms. The number of carbonyl (C=O) groups excluding carboxylic acids is 1. The molecule has 25 heavy (non-hydrogen) atoms. The molecule has 0 aromatic heterocycles. The van der Waals surface area contributed by atoms with Gasteiger partial charge in [0.2, 0.25) is 5.91 Å². The summed E-state index contributed by atoms with van der Waals surface area (Å²) in [7, 11) is 0. The number of carbonyl (C=O) groups is 1. The molecule has 0 aliphatic heterocycles. The number of allylic oxidation sites excluding steroid dienone is 2. The normalized spacial score (nSPS) is 11.1. The standard InChI is InChI=1S/C23H37NO/c1-2-3-4-5-6-7-8-9-10-11-12-13-17-20-23(25)24-21-22-18-15-14-16-19-22/h12-16,18-19H,2-11,17,20-21H2,1H3,(H,24,25)/b13-12+. The van der Waals surface area contributed by atoms with Crippen LogP contribution in [0.3, 0.4) is 0 Å². The van der Waals surface area contributed by atoms with Gasteiger partial charge in [0.1, 0.15) is 0 Å². The number of hydrogen-bond acceptors (Lipinski definition) is 1. The van der Waals surface area contributed by atoms with Crippen LogP contribution in [-0.2, 0) is 11.3 Å². The summed E-state index contributed by atoms with van der Waals surface area (Å²) >= 11 is 0. The van der Waals surface area contributed by atoms with E-state index in [9.17, 15) is 4.79 Å². The van der Waals surface area contributed by atoms with E-state index in [0.717, 1.165) is 18.4 Å². The average molecular weight is 344 g/mol. The zero-order valence-electron chi connectivity index (χ0n) is 16.1. The number of amides is 1. The third-order valence-electron chi connectivity index (χ3n) is 4.51. The van der Waals surface area contributed by atoms with Crippen LogP contribution in [0.15, 0.2) is 42.5 Å². The molecule has 140 valence electrons. The number of nitrogens with one attached hydrogen (secondary N) is 1. The molecule has 0 aliphatic carbocycles. The number of benzene rings is 1. The maximum Gasteiger partial charge on any atom is 0.220 e. The van der Waals surface area contributed by atoms with Gasteiger partial charge in [0.05, 0.1) is 0 Å². The lowest BCUT2D eigenvalue weighted by atomic mass is 10.1. The summed E-state index contributed by atoms with van der Waals surface area (Å²) in [5.41, 5.74) is 1.15. The van der Waals surface area contributed by atoms with Crippen molar-refractivity contribution in [3.05, 3.63) is 48.0 Å². The highest BCUT2D eigenvalue weighted by Crippen LogP contribution is 2.10. The Bertz CT molecular complexity index is 452. The van der Waals surface area contributed by atoms with Crippen LogP contribution in [0.1, 0.15) is 89.5 Å². The van der Waals surface area contributed by atoms with Crippen molar-refractivity contribution < 1.29 is 4.79 Å². The molecular weight excluding hydrogens is 306 g/mol. The van der Waals surface area contributed by atoms with Gasteiger partial charge in [-0.2, -0.15) is 0 Å². The Morgan fingerprint density at radius 2 is 1.44 bits per heavy atom. The van der Waals surface area contributed by atoms with Gasteiger partial charge < -0.3 is 5.32 Å². The van der Waals surface area contributed by atoms with E-state index in [1.54, 1.807) is 0 Å². The van der Waals surface area contributed by atoms with Crippen LogP contribution in [0.4, 0.5) is 0 Å². The van der Waals surface area contributed by atoms with Gasteiger partial charge in [0, 0.05) is 13.0 Å². The van der Waals surface area contributed by atoms with E-state index in [0.29, 0.717) is 13.0 Å². The summed E-state index contributed by atoms with van der Waals surface area (Å²) in [5.74, 6) is 0.136. The third kappa shape index (κ3) is 13.4. The quantitative estimate of drug-likeness (QED) is 0.283. The molecular formula is C23H37NO. The predicted octanol–water partition coefficient (Wildman–Crippen LogP) is 6.56. The minimum atomic E-state index is 0.136. The molecule has 2 heteroatoms. The van der Waals surface area contributed by atoms with Gasteiger partial charge in [-0.3, -0.25) is 4.79 Å². The fraction of sp³-hybridized carbons (Fsp3) is 0.609. The molecule has 1 rings (SSSR count). The SMILES string of the molecule is CCCCCCCCCCC/C=C/CCC(=O)NCc1ccccc1. The van der Waals surface area contributed by atoms with Crippen LogP contribution < -0.4 is 5.32 Å². The molecule has 1 aromatic rings. The van der Waals surface area contributed by atoms with Crippen LogP contribution in [0.25, 0.3) is 0 Å². The van der Waals surface area contributed by atoms with Crippen molar-refractivity contribution in [2.45, 2.75) is 90.5 Å². The monoisotopic (exact) mass is 343 g/mol. The second-order valence-electron chi connectivity index (χ2n) is 6.89. The molecule has 0 saturated heterocycles. The number of rotatable bonds is 15. The molecule has 0 aliphatic rings. The zero-order chi connectivity index (χ0) is 18.0. The van der Waals surface area contributed by atoms with Crippen LogP contribution in [0.2, 0.25) is 0 Å². The maximum atomic E-state index is 11.8. The molecule has 0 radical (unpaired) electrons. The van der Waals surface area contributed by atoms with E-state index in [1.165, 1.54) is 57.8 Å². The molecule has 0 spiro atoms. The van der Waals surface area contributed by atoms with E-state index in [1.807, 2.05) is 30.3 Å². The molecule has 0 atom stereocenters. The van der Waals surface area contributed by atoms with Crippen LogP contribution in [0, 0.1) is 0 Å². The Balaban J connectivity index is 1.87. The second kappa shape index (κ2) is 15.9. The van der Waals surface area contributed by atoms with Crippen molar-refractivity contribution >= 4 is 5.91 Å². The third-order valence-corrected chi connectivity index (χ3v) is 4.51. The molecule has 0 heterocycles. The smallest absolute Gasteiger partial charge is 0.220 e. The van der Waals surface area contributed by atoms with Crippen LogP contribution in [0.5, 0.6) is 0 Å². The van der Waals surface area contributed by atoms with Gasteiger partial charge in [-0.1, -0.05) is 101 Å². The molecule has 0 unspecified atom stereocenters. The topological polar surface area (TPSA) is 29.1 Å². The van der Waals surface area contributed by atoms with Gasteiger partial charge in [0.25, 0.3) is 0 Å². The highest BCUT2D eigenvalue weighted by atomic mass is 16.1. The zero-order valence-corrected chi connectivity index (χ0v) is 16.1. The van der Waals surface area contributed by atoms with Crippen molar-refractivity contribution in [2.24, 2.45) is 0 Å². The first-order valence-corrected chi connectivity index (χ1v) is 10.3. The van der Waals surface area contributed by atoms with Gasteiger partial charge in [-0.15, -0.1) is 0 Å². The summed E-state index contributed by atoms with van der Waals surface area (Å²) in [6.07, 6.45) is 19.4. The van der Waals surface area contributed by atoms with Gasteiger partial charge in [-0.05, 0) is 24.8 Å². The summed E-state index contributed by atoms with van der Waals surface area (Å²) in [4.78, 5) is 11.8.